The summed E-state index contributed by atoms with van der Waals surface area (Å²) in [4.78, 5) is 38.6. The van der Waals surface area contributed by atoms with E-state index >= 15 is 0 Å². The summed E-state index contributed by atoms with van der Waals surface area (Å²) in [6.45, 7) is 1.16. The molecule has 3 aromatic rings. The number of nitrogens with zero attached hydrogens (tertiary/aromatic N) is 4. The molecule has 14 heteroatoms. The number of hydrogen-bond donors (Lipinski definition) is 3. The molecule has 1 saturated carbocycles. The summed E-state index contributed by atoms with van der Waals surface area (Å²) in [6, 6.07) is 15.2. The molecule has 0 spiro atoms. The second kappa shape index (κ2) is 11.8. The van der Waals surface area contributed by atoms with Gasteiger partial charge in [-0.3, -0.25) is 14.5 Å². The maximum atomic E-state index is 13.7. The number of carboxylic acid groups (broad SMARTS) is 1. The van der Waals surface area contributed by atoms with Gasteiger partial charge in [-0.2, -0.15) is 18.3 Å². The highest BCUT2D eigenvalue weighted by Crippen LogP contribution is 2.50. The highest BCUT2D eigenvalue weighted by atomic mass is 19.4. The lowest BCUT2D eigenvalue weighted by Gasteiger charge is -2.30. The fourth-order valence-corrected chi connectivity index (χ4v) is 5.04. The molecule has 1 aromatic heterocycles. The molecule has 224 valence electrons. The maximum Gasteiger partial charge on any atom is 0.490 e. The molecule has 2 heterocycles. The number of ether oxygens (including phenoxy) is 1. The zero-order valence-corrected chi connectivity index (χ0v) is 22.9. The zero-order valence-electron chi connectivity index (χ0n) is 22.9. The van der Waals surface area contributed by atoms with E-state index in [1.807, 2.05) is 19.2 Å². The zero-order chi connectivity index (χ0) is 30.8. The van der Waals surface area contributed by atoms with Crippen LogP contribution in [0, 0.1) is 0 Å². The van der Waals surface area contributed by atoms with Crippen molar-refractivity contribution < 1.29 is 42.5 Å². The quantitative estimate of drug-likeness (QED) is 0.363. The van der Waals surface area contributed by atoms with Gasteiger partial charge in [-0.15, -0.1) is 0 Å². The highest BCUT2D eigenvalue weighted by Gasteiger charge is 2.47. The number of amides is 2. The molecule has 4 N–H and O–H groups in total. The lowest BCUT2D eigenvalue weighted by atomic mass is 10.00. The van der Waals surface area contributed by atoms with Crippen LogP contribution >= 0.6 is 0 Å². The Balaban J connectivity index is 0.000000517. The molecule has 1 aliphatic heterocycles. The van der Waals surface area contributed by atoms with Gasteiger partial charge in [0.25, 0.3) is 11.8 Å². The molecule has 1 fully saturated rings. The number of hydrogen-bond acceptors (Lipinski definition) is 7. The fourth-order valence-electron chi connectivity index (χ4n) is 5.04. The number of likely N-dealkylation sites (N-methyl/N-ethyl adjacent to an activating group) is 1. The van der Waals surface area contributed by atoms with E-state index in [9.17, 15) is 27.9 Å². The normalized spacial score (nSPS) is 15.5. The van der Waals surface area contributed by atoms with Gasteiger partial charge in [0, 0.05) is 29.9 Å². The molecule has 2 amide bonds. The van der Waals surface area contributed by atoms with Gasteiger partial charge >= 0.3 is 12.1 Å². The average Bonchev–Trinajstić information content (AvgIpc) is 3.67. The SMILES string of the molecule is COc1ccc(-n2nc(C(N)=O)c3c2C(=O)N(c2ccc(C4(N(C)CCO)CC4)cc2)CC3)cc1.O=C(O)C(F)(F)F. The smallest absolute Gasteiger partial charge is 0.490 e. The molecule has 0 bridgehead atoms. The minimum absolute atomic E-state index is 0.0380. The molecule has 0 unspecified atom stereocenters. The average molecular weight is 590 g/mol. The molecule has 5 rings (SSSR count). The van der Waals surface area contributed by atoms with Gasteiger partial charge in [-0.1, -0.05) is 12.1 Å². The van der Waals surface area contributed by atoms with E-state index in [0.29, 0.717) is 42.2 Å². The number of carboxylic acids is 1. The first-order valence-electron chi connectivity index (χ1n) is 12.9. The van der Waals surface area contributed by atoms with Gasteiger partial charge < -0.3 is 25.6 Å². The van der Waals surface area contributed by atoms with E-state index in [-0.39, 0.29) is 23.7 Å². The van der Waals surface area contributed by atoms with Gasteiger partial charge in [0.2, 0.25) is 0 Å². The fraction of sp³-hybridized carbons (Fsp3) is 0.357. The van der Waals surface area contributed by atoms with E-state index in [0.717, 1.165) is 18.5 Å². The summed E-state index contributed by atoms with van der Waals surface area (Å²) < 4.78 is 38.5. The Kier molecular flexibility index (Phi) is 8.59. The van der Waals surface area contributed by atoms with Crippen molar-refractivity contribution in [2.45, 2.75) is 31.0 Å². The summed E-state index contributed by atoms with van der Waals surface area (Å²) in [5.41, 5.74) is 9.22. The van der Waals surface area contributed by atoms with Crippen LogP contribution in [0.1, 0.15) is 44.9 Å². The van der Waals surface area contributed by atoms with E-state index in [1.54, 1.807) is 36.3 Å². The first kappa shape index (κ1) is 30.5. The predicted octanol–water partition coefficient (Wildman–Crippen LogP) is 2.73. The minimum Gasteiger partial charge on any atom is -0.497 e. The number of rotatable bonds is 8. The van der Waals surface area contributed by atoms with Crippen molar-refractivity contribution in [3.05, 3.63) is 71.0 Å². The first-order chi connectivity index (χ1) is 19.8. The molecule has 0 radical (unpaired) electrons. The summed E-state index contributed by atoms with van der Waals surface area (Å²) in [5.74, 6) is -2.96. The van der Waals surface area contributed by atoms with E-state index in [1.165, 1.54) is 10.2 Å². The number of methoxy groups -OCH3 is 1. The number of aliphatic hydroxyl groups is 1. The number of nitrogens with two attached hydrogens (primary N) is 1. The maximum absolute atomic E-state index is 13.7. The van der Waals surface area contributed by atoms with Crippen molar-refractivity contribution in [2.24, 2.45) is 5.73 Å². The lowest BCUT2D eigenvalue weighted by Crippen LogP contribution is -2.39. The van der Waals surface area contributed by atoms with Crippen LogP contribution in [0.3, 0.4) is 0 Å². The number of halogens is 3. The summed E-state index contributed by atoms with van der Waals surface area (Å²) in [5, 5.41) is 20.9. The van der Waals surface area contributed by atoms with Gasteiger partial charge in [0.05, 0.1) is 19.4 Å². The molecule has 0 atom stereocenters. The number of primary amides is 1. The van der Waals surface area contributed by atoms with Crippen LogP contribution in [-0.4, -0.2) is 82.7 Å². The van der Waals surface area contributed by atoms with Gasteiger partial charge in [-0.05, 0) is 68.3 Å². The van der Waals surface area contributed by atoms with Crippen LogP contribution in [-0.2, 0) is 16.8 Å². The highest BCUT2D eigenvalue weighted by molar-refractivity contribution is 6.09. The Hall–Kier alpha value is -4.43. The molecular formula is C28H30F3N5O6. The van der Waals surface area contributed by atoms with Crippen LogP contribution < -0.4 is 15.4 Å². The Bertz CT molecular complexity index is 1470. The summed E-state index contributed by atoms with van der Waals surface area (Å²) in [7, 11) is 3.61. The van der Waals surface area contributed by atoms with Gasteiger partial charge in [0.1, 0.15) is 11.4 Å². The van der Waals surface area contributed by atoms with Crippen molar-refractivity contribution in [1.29, 1.82) is 0 Å². The van der Waals surface area contributed by atoms with Gasteiger partial charge in [0.15, 0.2) is 5.69 Å². The minimum atomic E-state index is -5.08. The standard InChI is InChI=1S/C26H29N5O4.C2HF3O2/c1-29(15-16-32)26(12-13-26)17-3-5-18(6-4-17)30-14-11-21-22(24(27)33)28-31(23(21)25(30)34)19-7-9-20(35-2)10-8-19;3-2(4,5)1(6)7/h3-10,32H,11-16H2,1-2H3,(H2,27,33);(H,6,7). The number of aromatic nitrogens is 2. The van der Waals surface area contributed by atoms with Crippen molar-refractivity contribution in [3.63, 3.8) is 0 Å². The molecular weight excluding hydrogens is 559 g/mol. The Morgan fingerprint density at radius 1 is 1.10 bits per heavy atom. The molecule has 11 nitrogen and oxygen atoms in total. The van der Waals surface area contributed by atoms with Crippen molar-refractivity contribution in [1.82, 2.24) is 14.7 Å². The van der Waals surface area contributed by atoms with E-state index in [2.05, 4.69) is 22.1 Å². The van der Waals surface area contributed by atoms with Crippen molar-refractivity contribution in [2.75, 3.05) is 38.8 Å². The number of carbonyl (C=O) groups is 3. The number of aliphatic hydroxyl groups excluding tert-OH is 1. The van der Waals surface area contributed by atoms with Crippen LogP contribution in [0.15, 0.2) is 48.5 Å². The number of alkyl halides is 3. The number of aliphatic carboxylic acids is 1. The second-order valence-electron chi connectivity index (χ2n) is 9.88. The monoisotopic (exact) mass is 589 g/mol. The molecule has 2 aliphatic rings. The van der Waals surface area contributed by atoms with Crippen LogP contribution in [0.2, 0.25) is 0 Å². The Morgan fingerprint density at radius 2 is 1.67 bits per heavy atom. The van der Waals surface area contributed by atoms with Crippen LogP contribution in [0.4, 0.5) is 18.9 Å². The predicted molar refractivity (Wildman–Crippen MR) is 145 cm³/mol. The van der Waals surface area contributed by atoms with Crippen molar-refractivity contribution in [3.8, 4) is 11.4 Å². The Labute approximate surface area is 238 Å². The van der Waals surface area contributed by atoms with E-state index < -0.39 is 18.1 Å². The molecule has 2 aromatic carbocycles. The van der Waals surface area contributed by atoms with E-state index in [4.69, 9.17) is 20.4 Å². The third kappa shape index (κ3) is 5.94. The Morgan fingerprint density at radius 3 is 2.14 bits per heavy atom. The van der Waals surface area contributed by atoms with Crippen LogP contribution in [0.25, 0.3) is 5.69 Å². The number of anilines is 1. The molecule has 42 heavy (non-hydrogen) atoms. The molecule has 1 aliphatic carbocycles. The lowest BCUT2D eigenvalue weighted by molar-refractivity contribution is -0.192. The topological polar surface area (TPSA) is 151 Å². The van der Waals surface area contributed by atoms with Crippen molar-refractivity contribution >= 4 is 23.5 Å². The first-order valence-corrected chi connectivity index (χ1v) is 12.9. The molecule has 0 saturated heterocycles. The number of benzene rings is 2. The third-order valence-electron chi connectivity index (χ3n) is 7.42. The summed E-state index contributed by atoms with van der Waals surface area (Å²) >= 11 is 0. The third-order valence-corrected chi connectivity index (χ3v) is 7.42. The van der Waals surface area contributed by atoms with Crippen LogP contribution in [0.5, 0.6) is 5.75 Å². The largest absolute Gasteiger partial charge is 0.497 e. The number of carbonyl (C=O) groups excluding carboxylic acids is 2. The summed E-state index contributed by atoms with van der Waals surface area (Å²) in [6.07, 6.45) is -2.52. The second-order valence-corrected chi connectivity index (χ2v) is 9.88. The van der Waals surface area contributed by atoms with Gasteiger partial charge in [-0.25, -0.2) is 9.48 Å². The number of fused-ring (bicyclic) bond motifs is 1.